The van der Waals surface area contributed by atoms with Gasteiger partial charge in [0, 0.05) is 19.4 Å². The number of nitrogens with two attached hydrogens (primary N) is 1. The first-order valence-corrected chi connectivity index (χ1v) is 26.6. The van der Waals surface area contributed by atoms with Crippen molar-refractivity contribution in [1.82, 2.24) is 0 Å². The van der Waals surface area contributed by atoms with Crippen molar-refractivity contribution in [3.63, 3.8) is 0 Å². The van der Waals surface area contributed by atoms with Crippen LogP contribution in [0.5, 0.6) is 0 Å². The van der Waals surface area contributed by atoms with Crippen LogP contribution in [0.15, 0.2) is 48.6 Å². The van der Waals surface area contributed by atoms with Crippen LogP contribution in [-0.2, 0) is 32.7 Å². The second-order valence-corrected chi connectivity index (χ2v) is 18.1. The summed E-state index contributed by atoms with van der Waals surface area (Å²) in [6.07, 6.45) is 55.7. The minimum atomic E-state index is -4.38. The third-order valence-electron chi connectivity index (χ3n) is 10.7. The van der Waals surface area contributed by atoms with Crippen LogP contribution in [0, 0.1) is 0 Å². The van der Waals surface area contributed by atoms with Gasteiger partial charge in [0.25, 0.3) is 0 Å². The number of ether oxygens (including phenoxy) is 2. The molecule has 0 aromatic carbocycles. The Kier molecular flexibility index (Phi) is 45.9. The molecule has 356 valence electrons. The molecule has 61 heavy (non-hydrogen) atoms. The van der Waals surface area contributed by atoms with Crippen LogP contribution >= 0.6 is 7.82 Å². The van der Waals surface area contributed by atoms with E-state index in [1.165, 1.54) is 122 Å². The number of hydrogen-bond acceptors (Lipinski definition) is 8. The van der Waals surface area contributed by atoms with Crippen molar-refractivity contribution >= 4 is 19.8 Å². The fourth-order valence-corrected chi connectivity index (χ4v) is 7.70. The van der Waals surface area contributed by atoms with Gasteiger partial charge in [-0.25, -0.2) is 4.57 Å². The van der Waals surface area contributed by atoms with Gasteiger partial charge in [-0.05, 0) is 77.0 Å². The van der Waals surface area contributed by atoms with Crippen LogP contribution < -0.4 is 5.73 Å². The summed E-state index contributed by atoms with van der Waals surface area (Å²) in [6, 6.07) is 0. The van der Waals surface area contributed by atoms with Crippen molar-refractivity contribution in [2.45, 2.75) is 238 Å². The summed E-state index contributed by atoms with van der Waals surface area (Å²) in [5.74, 6) is -0.839. The monoisotopic (exact) mass is 880 g/mol. The number of esters is 2. The van der Waals surface area contributed by atoms with Gasteiger partial charge in [-0.3, -0.25) is 18.6 Å². The van der Waals surface area contributed by atoms with Crippen molar-refractivity contribution in [2.75, 3.05) is 26.4 Å². The zero-order valence-electron chi connectivity index (χ0n) is 39.4. The lowest BCUT2D eigenvalue weighted by molar-refractivity contribution is -0.161. The second kappa shape index (κ2) is 47.4. The fourth-order valence-electron chi connectivity index (χ4n) is 6.93. The summed E-state index contributed by atoms with van der Waals surface area (Å²) in [4.78, 5) is 35.0. The lowest BCUT2D eigenvalue weighted by Crippen LogP contribution is -2.29. The van der Waals surface area contributed by atoms with Crippen LogP contribution in [0.3, 0.4) is 0 Å². The maximum Gasteiger partial charge on any atom is 0.472 e. The zero-order valence-corrected chi connectivity index (χ0v) is 40.3. The molecule has 2 atom stereocenters. The molecular formula is C51H94NO8P. The van der Waals surface area contributed by atoms with Crippen LogP contribution in [0.4, 0.5) is 0 Å². The molecule has 0 rings (SSSR count). The smallest absolute Gasteiger partial charge is 0.462 e. The van der Waals surface area contributed by atoms with E-state index in [4.69, 9.17) is 24.3 Å². The Bertz CT molecular complexity index is 1140. The molecule has 0 aromatic rings. The Morgan fingerprint density at radius 1 is 0.492 bits per heavy atom. The fraction of sp³-hybridized carbons (Fsp3) is 0.804. The van der Waals surface area contributed by atoms with Crippen molar-refractivity contribution in [1.29, 1.82) is 0 Å². The number of phosphoric ester groups is 1. The van der Waals surface area contributed by atoms with Gasteiger partial charge in [0.2, 0.25) is 0 Å². The lowest BCUT2D eigenvalue weighted by Gasteiger charge is -2.19. The molecule has 0 aliphatic carbocycles. The molecule has 0 amide bonds. The van der Waals surface area contributed by atoms with E-state index < -0.39 is 26.5 Å². The molecule has 0 aromatic heterocycles. The first kappa shape index (κ1) is 59.0. The normalized spacial score (nSPS) is 13.6. The SMILES string of the molecule is CCCCCCC/C=C\C/C=C\C/C=C\CCCCCCCCCCCCC(=O)OC(COC(=O)CCCCCCC/C=C\CCCCCCCC)COP(=O)(O)OCCN. The van der Waals surface area contributed by atoms with Gasteiger partial charge in [-0.15, -0.1) is 0 Å². The first-order chi connectivity index (χ1) is 29.8. The number of carbonyl (C=O) groups excluding carboxylic acids is 2. The molecule has 0 aliphatic rings. The van der Waals surface area contributed by atoms with Gasteiger partial charge in [-0.1, -0.05) is 191 Å². The molecule has 0 bridgehead atoms. The Labute approximate surface area is 375 Å². The van der Waals surface area contributed by atoms with Gasteiger partial charge < -0.3 is 20.1 Å². The van der Waals surface area contributed by atoms with Gasteiger partial charge >= 0.3 is 19.8 Å². The predicted molar refractivity (Wildman–Crippen MR) is 257 cm³/mol. The van der Waals surface area contributed by atoms with Crippen molar-refractivity contribution in [3.05, 3.63) is 48.6 Å². The molecule has 0 radical (unpaired) electrons. The summed E-state index contributed by atoms with van der Waals surface area (Å²) in [6.45, 7) is 3.72. The van der Waals surface area contributed by atoms with Gasteiger partial charge in [-0.2, -0.15) is 0 Å². The Morgan fingerprint density at radius 3 is 1.28 bits per heavy atom. The number of phosphoric acid groups is 1. The highest BCUT2D eigenvalue weighted by Gasteiger charge is 2.26. The Balaban J connectivity index is 4.05. The Morgan fingerprint density at radius 2 is 0.852 bits per heavy atom. The van der Waals surface area contributed by atoms with E-state index in [2.05, 4.69) is 62.5 Å². The van der Waals surface area contributed by atoms with Crippen LogP contribution in [0.25, 0.3) is 0 Å². The van der Waals surface area contributed by atoms with E-state index in [9.17, 15) is 19.0 Å². The minimum absolute atomic E-state index is 0.0507. The van der Waals surface area contributed by atoms with Crippen molar-refractivity contribution < 1.29 is 37.6 Å². The highest BCUT2D eigenvalue weighted by molar-refractivity contribution is 7.47. The number of allylic oxidation sites excluding steroid dienone is 8. The molecule has 0 fully saturated rings. The molecule has 0 saturated heterocycles. The number of unbranched alkanes of at least 4 members (excludes halogenated alkanes) is 26. The largest absolute Gasteiger partial charge is 0.472 e. The number of carbonyl (C=O) groups is 2. The standard InChI is InChI=1S/C51H94NO8P/c1-3-5-7-9-11-13-15-17-19-20-21-22-23-24-25-26-27-28-30-32-34-36-38-40-42-44-51(54)60-49(48-59-61(55,56)58-46-45-52)47-57-50(53)43-41-39-37-35-33-31-29-18-16-14-12-10-8-6-4-2/h15,17-18,20-21,23-24,29,49H,3-14,16,19,22,25-28,30-48,52H2,1-2H3,(H,55,56)/b17-15-,21-20-,24-23-,29-18-. The summed E-state index contributed by atoms with van der Waals surface area (Å²) in [5, 5.41) is 0. The van der Waals surface area contributed by atoms with E-state index in [0.29, 0.717) is 6.42 Å². The Hall–Kier alpha value is -2.03. The van der Waals surface area contributed by atoms with Crippen molar-refractivity contribution in [3.8, 4) is 0 Å². The average molecular weight is 880 g/mol. The second-order valence-electron chi connectivity index (χ2n) is 16.7. The quantitative estimate of drug-likeness (QED) is 0.0265. The number of hydrogen-bond donors (Lipinski definition) is 2. The molecule has 2 unspecified atom stereocenters. The summed E-state index contributed by atoms with van der Waals surface area (Å²) in [5.41, 5.74) is 5.36. The third-order valence-corrected chi connectivity index (χ3v) is 11.7. The maximum atomic E-state index is 12.6. The van der Waals surface area contributed by atoms with E-state index in [1.807, 2.05) is 0 Å². The zero-order chi connectivity index (χ0) is 44.6. The maximum absolute atomic E-state index is 12.6. The van der Waals surface area contributed by atoms with Crippen LogP contribution in [0.2, 0.25) is 0 Å². The molecule has 10 heteroatoms. The minimum Gasteiger partial charge on any atom is -0.462 e. The molecular weight excluding hydrogens is 786 g/mol. The average Bonchev–Trinajstić information content (AvgIpc) is 3.25. The highest BCUT2D eigenvalue weighted by atomic mass is 31.2. The predicted octanol–water partition coefficient (Wildman–Crippen LogP) is 15.1. The van der Waals surface area contributed by atoms with Crippen LogP contribution in [0.1, 0.15) is 232 Å². The van der Waals surface area contributed by atoms with Gasteiger partial charge in [0.1, 0.15) is 6.61 Å². The van der Waals surface area contributed by atoms with Gasteiger partial charge in [0.05, 0.1) is 13.2 Å². The summed E-state index contributed by atoms with van der Waals surface area (Å²) in [7, 11) is -4.38. The third kappa shape index (κ3) is 47.3. The highest BCUT2D eigenvalue weighted by Crippen LogP contribution is 2.43. The summed E-state index contributed by atoms with van der Waals surface area (Å²) >= 11 is 0. The van der Waals surface area contributed by atoms with E-state index >= 15 is 0 Å². The van der Waals surface area contributed by atoms with E-state index in [0.717, 1.165) is 77.0 Å². The molecule has 0 saturated carbocycles. The van der Waals surface area contributed by atoms with Gasteiger partial charge in [0.15, 0.2) is 6.10 Å². The lowest BCUT2D eigenvalue weighted by atomic mass is 10.0. The topological polar surface area (TPSA) is 134 Å². The van der Waals surface area contributed by atoms with Crippen LogP contribution in [-0.4, -0.2) is 49.3 Å². The first-order valence-electron chi connectivity index (χ1n) is 25.1. The molecule has 0 aliphatic heterocycles. The molecule has 0 spiro atoms. The molecule has 0 heterocycles. The van der Waals surface area contributed by atoms with Crippen molar-refractivity contribution in [2.24, 2.45) is 5.73 Å². The van der Waals surface area contributed by atoms with E-state index in [1.54, 1.807) is 0 Å². The summed E-state index contributed by atoms with van der Waals surface area (Å²) < 4.78 is 32.9. The number of rotatable bonds is 47. The molecule has 9 nitrogen and oxygen atoms in total. The van der Waals surface area contributed by atoms with E-state index in [-0.39, 0.29) is 38.6 Å². The molecule has 3 N–H and O–H groups in total.